The molecule has 0 saturated carbocycles. The van der Waals surface area contributed by atoms with E-state index in [9.17, 15) is 14.4 Å². The second-order valence-corrected chi connectivity index (χ2v) is 6.38. The third kappa shape index (κ3) is 3.42. The monoisotopic (exact) mass is 329 g/mol. The smallest absolute Gasteiger partial charge is 0.246 e. The Morgan fingerprint density at radius 2 is 1.88 bits per heavy atom. The molecular formula is C18H23N3O3. The van der Waals surface area contributed by atoms with Gasteiger partial charge in [0.2, 0.25) is 17.7 Å². The van der Waals surface area contributed by atoms with Crippen LogP contribution in [0.2, 0.25) is 0 Å². The fraction of sp³-hybridized carbons (Fsp3) is 0.500. The average molecular weight is 329 g/mol. The third-order valence-electron chi connectivity index (χ3n) is 4.75. The van der Waals surface area contributed by atoms with Gasteiger partial charge in [0.15, 0.2) is 0 Å². The molecule has 0 unspecified atom stereocenters. The van der Waals surface area contributed by atoms with E-state index in [1.807, 2.05) is 31.2 Å². The Labute approximate surface area is 142 Å². The summed E-state index contributed by atoms with van der Waals surface area (Å²) in [5.41, 5.74) is 1.97. The highest BCUT2D eigenvalue weighted by Gasteiger charge is 2.29. The fourth-order valence-electron chi connectivity index (χ4n) is 3.34. The molecule has 0 aromatic heterocycles. The summed E-state index contributed by atoms with van der Waals surface area (Å²) in [6.07, 6.45) is 1.76. The largest absolute Gasteiger partial charge is 0.342 e. The predicted octanol–water partition coefficient (Wildman–Crippen LogP) is 1.18. The third-order valence-corrected chi connectivity index (χ3v) is 4.75. The molecule has 0 spiro atoms. The minimum absolute atomic E-state index is 0.0486. The van der Waals surface area contributed by atoms with Gasteiger partial charge in [-0.2, -0.15) is 0 Å². The lowest BCUT2D eigenvalue weighted by atomic mass is 10.1. The van der Waals surface area contributed by atoms with E-state index in [0.717, 1.165) is 24.2 Å². The predicted molar refractivity (Wildman–Crippen MR) is 90.5 cm³/mol. The van der Waals surface area contributed by atoms with Gasteiger partial charge in [0.25, 0.3) is 0 Å². The molecule has 0 atom stereocenters. The normalized spacial score (nSPS) is 18.5. The number of hydrogen-bond acceptors (Lipinski definition) is 3. The van der Waals surface area contributed by atoms with Crippen molar-refractivity contribution < 1.29 is 14.4 Å². The second kappa shape index (κ2) is 7.03. The van der Waals surface area contributed by atoms with Crippen LogP contribution in [-0.4, -0.2) is 60.2 Å². The Balaban J connectivity index is 1.55. The first-order valence-electron chi connectivity index (χ1n) is 8.48. The van der Waals surface area contributed by atoms with Crippen LogP contribution in [0.1, 0.15) is 24.8 Å². The molecular weight excluding hydrogens is 306 g/mol. The van der Waals surface area contributed by atoms with Crippen LogP contribution in [0.15, 0.2) is 24.3 Å². The van der Waals surface area contributed by atoms with Crippen molar-refractivity contribution in [3.8, 4) is 0 Å². The topological polar surface area (TPSA) is 60.9 Å². The SMILES string of the molecule is Cc1ccccc1N1CCN(C(=O)CCN2CCCC2=O)CC1=O. The fourth-order valence-corrected chi connectivity index (χ4v) is 3.34. The van der Waals surface area contributed by atoms with Crippen LogP contribution < -0.4 is 4.90 Å². The minimum atomic E-state index is -0.0545. The molecule has 2 saturated heterocycles. The molecule has 2 aliphatic rings. The van der Waals surface area contributed by atoms with Crippen LogP contribution in [0.3, 0.4) is 0 Å². The average Bonchev–Trinajstić information content (AvgIpc) is 2.98. The number of likely N-dealkylation sites (tertiary alicyclic amines) is 1. The standard InChI is InChI=1S/C18H23N3O3/c1-14-5-2-3-6-15(14)21-12-11-20(13-18(21)24)17(23)8-10-19-9-4-7-16(19)22/h2-3,5-6H,4,7-13H2,1H3. The molecule has 2 aliphatic heterocycles. The number of carbonyl (C=O) groups is 3. The van der Waals surface area contributed by atoms with E-state index in [-0.39, 0.29) is 24.3 Å². The van der Waals surface area contributed by atoms with Crippen LogP contribution in [0, 0.1) is 6.92 Å². The van der Waals surface area contributed by atoms with E-state index in [1.165, 1.54) is 0 Å². The number of anilines is 1. The highest BCUT2D eigenvalue weighted by Crippen LogP contribution is 2.21. The zero-order valence-corrected chi connectivity index (χ0v) is 14.0. The van der Waals surface area contributed by atoms with Crippen LogP contribution in [-0.2, 0) is 14.4 Å². The van der Waals surface area contributed by atoms with Crippen molar-refractivity contribution in [3.05, 3.63) is 29.8 Å². The van der Waals surface area contributed by atoms with Crippen molar-refractivity contribution in [1.29, 1.82) is 0 Å². The molecule has 0 radical (unpaired) electrons. The summed E-state index contributed by atoms with van der Waals surface area (Å²) in [7, 11) is 0. The molecule has 2 fully saturated rings. The van der Waals surface area contributed by atoms with Gasteiger partial charge in [0, 0.05) is 44.7 Å². The number of benzene rings is 1. The Kier molecular flexibility index (Phi) is 4.83. The number of aryl methyl sites for hydroxylation is 1. The van der Waals surface area contributed by atoms with Gasteiger partial charge in [-0.25, -0.2) is 0 Å². The van der Waals surface area contributed by atoms with Gasteiger partial charge in [-0.1, -0.05) is 18.2 Å². The molecule has 24 heavy (non-hydrogen) atoms. The number of rotatable bonds is 4. The molecule has 6 heteroatoms. The van der Waals surface area contributed by atoms with Crippen molar-refractivity contribution in [3.63, 3.8) is 0 Å². The zero-order valence-electron chi connectivity index (χ0n) is 14.0. The first kappa shape index (κ1) is 16.5. The maximum atomic E-state index is 12.4. The van der Waals surface area contributed by atoms with E-state index in [1.54, 1.807) is 14.7 Å². The molecule has 1 aromatic rings. The number of hydrogen-bond donors (Lipinski definition) is 0. The number of para-hydroxylation sites is 1. The lowest BCUT2D eigenvalue weighted by Gasteiger charge is -2.35. The van der Waals surface area contributed by atoms with E-state index < -0.39 is 0 Å². The lowest BCUT2D eigenvalue weighted by Crippen LogP contribution is -2.53. The zero-order chi connectivity index (χ0) is 17.1. The van der Waals surface area contributed by atoms with Gasteiger partial charge in [-0.3, -0.25) is 14.4 Å². The molecule has 0 N–H and O–H groups in total. The summed E-state index contributed by atoms with van der Waals surface area (Å²) in [6.45, 7) is 4.34. The molecule has 1 aromatic carbocycles. The Morgan fingerprint density at radius 3 is 2.54 bits per heavy atom. The Morgan fingerprint density at radius 1 is 1.08 bits per heavy atom. The van der Waals surface area contributed by atoms with E-state index in [2.05, 4.69) is 0 Å². The summed E-state index contributed by atoms with van der Waals surface area (Å²) in [4.78, 5) is 41.5. The Hall–Kier alpha value is -2.37. The van der Waals surface area contributed by atoms with Crippen molar-refractivity contribution in [1.82, 2.24) is 9.80 Å². The van der Waals surface area contributed by atoms with Gasteiger partial charge >= 0.3 is 0 Å². The van der Waals surface area contributed by atoms with Gasteiger partial charge in [-0.15, -0.1) is 0 Å². The highest BCUT2D eigenvalue weighted by atomic mass is 16.2. The summed E-state index contributed by atoms with van der Waals surface area (Å²) in [5.74, 6) is 0.0249. The molecule has 0 aliphatic carbocycles. The van der Waals surface area contributed by atoms with E-state index in [4.69, 9.17) is 0 Å². The van der Waals surface area contributed by atoms with Crippen molar-refractivity contribution in [2.45, 2.75) is 26.2 Å². The quantitative estimate of drug-likeness (QED) is 0.833. The highest BCUT2D eigenvalue weighted by molar-refractivity contribution is 5.98. The summed E-state index contributed by atoms with van der Waals surface area (Å²) in [6, 6.07) is 7.78. The second-order valence-electron chi connectivity index (χ2n) is 6.38. The van der Waals surface area contributed by atoms with E-state index in [0.29, 0.717) is 32.5 Å². The van der Waals surface area contributed by atoms with Gasteiger partial charge < -0.3 is 14.7 Å². The number of nitrogens with zero attached hydrogens (tertiary/aromatic N) is 3. The molecule has 0 bridgehead atoms. The van der Waals surface area contributed by atoms with Crippen LogP contribution >= 0.6 is 0 Å². The molecule has 3 rings (SSSR count). The number of carbonyl (C=O) groups excluding carboxylic acids is 3. The molecule has 6 nitrogen and oxygen atoms in total. The van der Waals surface area contributed by atoms with Crippen LogP contribution in [0.4, 0.5) is 5.69 Å². The van der Waals surface area contributed by atoms with E-state index >= 15 is 0 Å². The Bertz CT molecular complexity index is 659. The first-order valence-corrected chi connectivity index (χ1v) is 8.48. The van der Waals surface area contributed by atoms with Gasteiger partial charge in [-0.05, 0) is 25.0 Å². The van der Waals surface area contributed by atoms with Gasteiger partial charge in [0.1, 0.15) is 6.54 Å². The number of piperazine rings is 1. The lowest BCUT2D eigenvalue weighted by molar-refractivity contribution is -0.137. The van der Waals surface area contributed by atoms with Gasteiger partial charge in [0.05, 0.1) is 0 Å². The molecule has 3 amide bonds. The van der Waals surface area contributed by atoms with Crippen molar-refractivity contribution in [2.75, 3.05) is 37.6 Å². The van der Waals surface area contributed by atoms with Crippen molar-refractivity contribution in [2.24, 2.45) is 0 Å². The van der Waals surface area contributed by atoms with Crippen molar-refractivity contribution >= 4 is 23.4 Å². The maximum Gasteiger partial charge on any atom is 0.246 e. The molecule has 128 valence electrons. The van der Waals surface area contributed by atoms with Crippen LogP contribution in [0.5, 0.6) is 0 Å². The minimum Gasteiger partial charge on any atom is -0.342 e. The van der Waals surface area contributed by atoms with Crippen LogP contribution in [0.25, 0.3) is 0 Å². The molecule has 2 heterocycles. The number of amides is 3. The maximum absolute atomic E-state index is 12.4. The summed E-state index contributed by atoms with van der Waals surface area (Å²) < 4.78 is 0. The summed E-state index contributed by atoms with van der Waals surface area (Å²) >= 11 is 0. The first-order chi connectivity index (χ1) is 11.6. The summed E-state index contributed by atoms with van der Waals surface area (Å²) in [5, 5.41) is 0.